The molecule has 5 nitrogen and oxygen atoms in total. The Balaban J connectivity index is 1.47. The Kier molecular flexibility index (Phi) is 6.35. The van der Waals surface area contributed by atoms with Crippen LogP contribution in [0.4, 0.5) is 11.4 Å². The van der Waals surface area contributed by atoms with Gasteiger partial charge in [-0.25, -0.2) is 4.90 Å². The molecule has 3 aromatic carbocycles. The molecule has 2 amide bonds. The monoisotopic (exact) mass is 489 g/mol. The Morgan fingerprint density at radius 3 is 2.03 bits per heavy atom. The van der Waals surface area contributed by atoms with Gasteiger partial charge in [-0.05, 0) is 43.3 Å². The van der Waals surface area contributed by atoms with Gasteiger partial charge in [0.1, 0.15) is 10.6 Å². The van der Waals surface area contributed by atoms with E-state index in [0.717, 1.165) is 29.2 Å². The van der Waals surface area contributed by atoms with Gasteiger partial charge in [-0.3, -0.25) is 9.59 Å². The van der Waals surface area contributed by atoms with Crippen LogP contribution in [-0.2, 0) is 9.59 Å². The molecule has 0 atom stereocenters. The molecule has 0 bridgehead atoms. The molecule has 2 heterocycles. The third kappa shape index (κ3) is 4.31. The zero-order valence-corrected chi connectivity index (χ0v) is 20.4. The highest BCUT2D eigenvalue weighted by Gasteiger charge is 2.43. The molecule has 7 heteroatoms. The molecule has 3 aromatic rings. The first-order valence-corrected chi connectivity index (χ1v) is 12.4. The van der Waals surface area contributed by atoms with Gasteiger partial charge in [0.25, 0.3) is 11.8 Å². The minimum absolute atomic E-state index is 0.319. The van der Waals surface area contributed by atoms with Gasteiger partial charge in [-0.1, -0.05) is 71.4 Å². The SMILES string of the molecule is Cc1ccc(SC2=C(N3CCN(c4ccccc4)CC3)C(=O)N(c3ccccc3Cl)C2=O)cc1. The quantitative estimate of drug-likeness (QED) is 0.452. The first-order valence-electron chi connectivity index (χ1n) is 11.2. The van der Waals surface area contributed by atoms with E-state index in [0.29, 0.717) is 34.4 Å². The van der Waals surface area contributed by atoms with E-state index in [1.165, 1.54) is 16.7 Å². The normalized spacial score (nSPS) is 16.6. The molecular weight excluding hydrogens is 466 g/mol. The highest BCUT2D eigenvalue weighted by molar-refractivity contribution is 8.04. The lowest BCUT2D eigenvalue weighted by Gasteiger charge is -2.37. The van der Waals surface area contributed by atoms with Gasteiger partial charge in [-0.15, -0.1) is 0 Å². The van der Waals surface area contributed by atoms with Crippen LogP contribution < -0.4 is 9.80 Å². The number of benzene rings is 3. The molecule has 2 aliphatic rings. The molecule has 1 fully saturated rings. The summed E-state index contributed by atoms with van der Waals surface area (Å²) in [5, 5.41) is 0.374. The molecule has 0 unspecified atom stereocenters. The highest BCUT2D eigenvalue weighted by atomic mass is 35.5. The van der Waals surface area contributed by atoms with Gasteiger partial charge in [-0.2, -0.15) is 0 Å². The summed E-state index contributed by atoms with van der Waals surface area (Å²) in [5.74, 6) is -0.648. The molecule has 172 valence electrons. The van der Waals surface area contributed by atoms with Crippen molar-refractivity contribution in [3.63, 3.8) is 0 Å². The summed E-state index contributed by atoms with van der Waals surface area (Å²) in [5.41, 5.74) is 3.18. The second kappa shape index (κ2) is 9.57. The van der Waals surface area contributed by atoms with Crippen molar-refractivity contribution in [3.05, 3.63) is 100 Å². The number of hydrogen-bond donors (Lipinski definition) is 0. The van der Waals surface area contributed by atoms with E-state index in [1.54, 1.807) is 24.3 Å². The van der Waals surface area contributed by atoms with Crippen LogP contribution in [0.15, 0.2) is 94.4 Å². The van der Waals surface area contributed by atoms with Crippen molar-refractivity contribution in [2.75, 3.05) is 36.0 Å². The Labute approximate surface area is 208 Å². The topological polar surface area (TPSA) is 43.9 Å². The number of carbonyl (C=O) groups excluding carboxylic acids is 2. The molecule has 34 heavy (non-hydrogen) atoms. The van der Waals surface area contributed by atoms with Crippen LogP contribution in [0.5, 0.6) is 0 Å². The molecule has 1 saturated heterocycles. The van der Waals surface area contributed by atoms with Crippen molar-refractivity contribution >= 4 is 46.6 Å². The second-order valence-electron chi connectivity index (χ2n) is 8.30. The minimum atomic E-state index is -0.329. The second-order valence-corrected chi connectivity index (χ2v) is 9.79. The number of anilines is 2. The number of aryl methyl sites for hydroxylation is 1. The number of imide groups is 1. The summed E-state index contributed by atoms with van der Waals surface area (Å²) in [6, 6.07) is 25.2. The summed E-state index contributed by atoms with van der Waals surface area (Å²) in [7, 11) is 0. The number of hydrogen-bond acceptors (Lipinski definition) is 5. The molecule has 0 aliphatic carbocycles. The van der Waals surface area contributed by atoms with Gasteiger partial charge >= 0.3 is 0 Å². The van der Waals surface area contributed by atoms with Crippen molar-refractivity contribution in [2.45, 2.75) is 11.8 Å². The van der Waals surface area contributed by atoms with Gasteiger partial charge in [0.05, 0.1) is 10.7 Å². The van der Waals surface area contributed by atoms with Crippen molar-refractivity contribution in [2.24, 2.45) is 0 Å². The molecular formula is C27H24ClN3O2S. The number of nitrogens with zero attached hydrogens (tertiary/aromatic N) is 3. The number of rotatable bonds is 5. The van der Waals surface area contributed by atoms with Gasteiger partial charge in [0.15, 0.2) is 0 Å². The van der Waals surface area contributed by atoms with Crippen LogP contribution in [0.1, 0.15) is 5.56 Å². The van der Waals surface area contributed by atoms with Crippen LogP contribution in [0.3, 0.4) is 0 Å². The summed E-state index contributed by atoms with van der Waals surface area (Å²) < 4.78 is 0. The predicted octanol–water partition coefficient (Wildman–Crippen LogP) is 5.35. The van der Waals surface area contributed by atoms with Crippen LogP contribution in [0.25, 0.3) is 0 Å². The lowest BCUT2D eigenvalue weighted by atomic mass is 10.2. The average molecular weight is 490 g/mol. The van der Waals surface area contributed by atoms with E-state index in [4.69, 9.17) is 11.6 Å². The van der Waals surface area contributed by atoms with Crippen LogP contribution in [-0.4, -0.2) is 42.9 Å². The van der Waals surface area contributed by atoms with Crippen LogP contribution >= 0.6 is 23.4 Å². The maximum Gasteiger partial charge on any atom is 0.283 e. The number of carbonyl (C=O) groups is 2. The smallest absolute Gasteiger partial charge is 0.283 e. The summed E-state index contributed by atoms with van der Waals surface area (Å²) in [6.45, 7) is 4.86. The van der Waals surface area contributed by atoms with Crippen molar-refractivity contribution in [1.29, 1.82) is 0 Å². The molecule has 0 N–H and O–H groups in total. The van der Waals surface area contributed by atoms with Crippen LogP contribution in [0.2, 0.25) is 5.02 Å². The standard InChI is InChI=1S/C27H24ClN3O2S/c1-19-11-13-21(14-12-19)34-25-24(26(32)31(27(25)33)23-10-6-5-9-22(23)28)30-17-15-29(16-18-30)20-7-3-2-4-8-20/h2-14H,15-18H2,1H3. The lowest BCUT2D eigenvalue weighted by molar-refractivity contribution is -0.121. The first-order chi connectivity index (χ1) is 16.5. The average Bonchev–Trinajstić information content (AvgIpc) is 3.10. The maximum absolute atomic E-state index is 13.7. The van der Waals surface area contributed by atoms with E-state index in [2.05, 4.69) is 17.0 Å². The molecule has 0 aromatic heterocycles. The molecule has 2 aliphatic heterocycles. The molecule has 5 rings (SSSR count). The van der Waals surface area contributed by atoms with Crippen molar-refractivity contribution in [1.82, 2.24) is 4.90 Å². The van der Waals surface area contributed by atoms with E-state index < -0.39 is 0 Å². The molecule has 0 radical (unpaired) electrons. The molecule has 0 saturated carbocycles. The Morgan fingerprint density at radius 2 is 1.35 bits per heavy atom. The van der Waals surface area contributed by atoms with E-state index in [-0.39, 0.29) is 11.8 Å². The number of halogens is 1. The third-order valence-corrected chi connectivity index (χ3v) is 7.47. The molecule has 0 spiro atoms. The minimum Gasteiger partial charge on any atom is -0.368 e. The number of thioether (sulfide) groups is 1. The Bertz CT molecular complexity index is 1250. The highest BCUT2D eigenvalue weighted by Crippen LogP contribution is 2.40. The Morgan fingerprint density at radius 1 is 0.735 bits per heavy atom. The van der Waals surface area contributed by atoms with Crippen molar-refractivity contribution < 1.29 is 9.59 Å². The zero-order chi connectivity index (χ0) is 23.7. The summed E-state index contributed by atoms with van der Waals surface area (Å²) in [4.78, 5) is 34.2. The maximum atomic E-state index is 13.7. The van der Waals surface area contributed by atoms with Crippen LogP contribution in [0, 0.1) is 6.92 Å². The predicted molar refractivity (Wildman–Crippen MR) is 138 cm³/mol. The third-order valence-electron chi connectivity index (χ3n) is 6.07. The van der Waals surface area contributed by atoms with Gasteiger partial charge in [0.2, 0.25) is 0 Å². The zero-order valence-electron chi connectivity index (χ0n) is 18.8. The van der Waals surface area contributed by atoms with Gasteiger partial charge < -0.3 is 9.80 Å². The number of amides is 2. The number of piperazine rings is 1. The fourth-order valence-corrected chi connectivity index (χ4v) is 5.49. The first kappa shape index (κ1) is 22.6. The number of para-hydroxylation sites is 2. The largest absolute Gasteiger partial charge is 0.368 e. The van der Waals surface area contributed by atoms with Gasteiger partial charge in [0, 0.05) is 36.8 Å². The summed E-state index contributed by atoms with van der Waals surface area (Å²) >= 11 is 7.73. The fourth-order valence-electron chi connectivity index (χ4n) is 4.27. The fraction of sp³-hybridized carbons (Fsp3) is 0.185. The van der Waals surface area contributed by atoms with E-state index >= 15 is 0 Å². The van der Waals surface area contributed by atoms with Crippen molar-refractivity contribution in [3.8, 4) is 0 Å². The lowest BCUT2D eigenvalue weighted by Crippen LogP contribution is -2.47. The Hall–Kier alpha value is -3.22. The van der Waals surface area contributed by atoms with E-state index in [1.807, 2.05) is 54.3 Å². The summed E-state index contributed by atoms with van der Waals surface area (Å²) in [6.07, 6.45) is 0. The van der Waals surface area contributed by atoms with E-state index in [9.17, 15) is 9.59 Å².